The first kappa shape index (κ1) is 9.09. The van der Waals surface area contributed by atoms with Crippen molar-refractivity contribution in [1.82, 2.24) is 0 Å². The second-order valence-electron chi connectivity index (χ2n) is 2.45. The van der Waals surface area contributed by atoms with Crippen LogP contribution in [0.1, 0.15) is 11.6 Å². The summed E-state index contributed by atoms with van der Waals surface area (Å²) < 4.78 is 25.2. The van der Waals surface area contributed by atoms with Gasteiger partial charge in [-0.1, -0.05) is 6.07 Å². The van der Waals surface area contributed by atoms with E-state index in [1.165, 1.54) is 6.07 Å². The van der Waals surface area contributed by atoms with E-state index in [4.69, 9.17) is 10.8 Å². The summed E-state index contributed by atoms with van der Waals surface area (Å²) >= 11 is 0. The number of nitrogens with two attached hydrogens (primary N) is 1. The van der Waals surface area contributed by atoms with Crippen LogP contribution < -0.4 is 5.73 Å². The fourth-order valence-corrected chi connectivity index (χ4v) is 0.901. The number of halogens is 2. The van der Waals surface area contributed by atoms with Crippen LogP contribution in [0.4, 0.5) is 8.78 Å². The van der Waals surface area contributed by atoms with Crippen molar-refractivity contribution in [1.29, 1.82) is 0 Å². The summed E-state index contributed by atoms with van der Waals surface area (Å²) in [6.07, 6.45) is 0. The number of rotatable bonds is 2. The van der Waals surface area contributed by atoms with E-state index >= 15 is 0 Å². The number of aliphatic hydroxyl groups excluding tert-OH is 1. The van der Waals surface area contributed by atoms with Gasteiger partial charge in [-0.25, -0.2) is 8.78 Å². The molecule has 2 nitrogen and oxygen atoms in total. The van der Waals surface area contributed by atoms with Gasteiger partial charge in [0.25, 0.3) is 0 Å². The van der Waals surface area contributed by atoms with Gasteiger partial charge >= 0.3 is 0 Å². The monoisotopic (exact) mass is 173 g/mol. The molecule has 0 aliphatic carbocycles. The number of aliphatic hydroxyl groups is 1. The highest BCUT2D eigenvalue weighted by Crippen LogP contribution is 2.15. The van der Waals surface area contributed by atoms with Gasteiger partial charge in [-0.15, -0.1) is 0 Å². The third-order valence-electron chi connectivity index (χ3n) is 1.56. The van der Waals surface area contributed by atoms with Gasteiger partial charge in [-0.05, 0) is 6.07 Å². The Morgan fingerprint density at radius 1 is 1.42 bits per heavy atom. The van der Waals surface area contributed by atoms with Crippen LogP contribution in [0.3, 0.4) is 0 Å². The minimum atomic E-state index is -0.786. The summed E-state index contributed by atoms with van der Waals surface area (Å²) in [5, 5.41) is 8.60. The average Bonchev–Trinajstić information content (AvgIpc) is 2.03. The van der Waals surface area contributed by atoms with Crippen LogP contribution >= 0.6 is 0 Å². The molecule has 1 rings (SSSR count). The molecule has 1 aromatic carbocycles. The molecule has 0 saturated heterocycles. The highest BCUT2D eigenvalue weighted by atomic mass is 19.1. The second kappa shape index (κ2) is 3.60. The van der Waals surface area contributed by atoms with Crippen molar-refractivity contribution >= 4 is 0 Å². The van der Waals surface area contributed by atoms with E-state index in [-0.39, 0.29) is 12.2 Å². The molecule has 0 saturated carbocycles. The van der Waals surface area contributed by atoms with Gasteiger partial charge in [-0.3, -0.25) is 0 Å². The van der Waals surface area contributed by atoms with Crippen molar-refractivity contribution < 1.29 is 13.9 Å². The van der Waals surface area contributed by atoms with Crippen molar-refractivity contribution in [2.24, 2.45) is 5.73 Å². The van der Waals surface area contributed by atoms with Gasteiger partial charge in [-0.2, -0.15) is 0 Å². The molecule has 3 N–H and O–H groups in total. The predicted molar refractivity (Wildman–Crippen MR) is 40.4 cm³/mol. The molecule has 0 unspecified atom stereocenters. The van der Waals surface area contributed by atoms with Crippen molar-refractivity contribution in [2.45, 2.75) is 6.04 Å². The maximum Gasteiger partial charge on any atom is 0.130 e. The zero-order chi connectivity index (χ0) is 9.14. The summed E-state index contributed by atoms with van der Waals surface area (Å²) in [4.78, 5) is 0. The van der Waals surface area contributed by atoms with E-state index < -0.39 is 17.7 Å². The molecule has 0 radical (unpaired) electrons. The van der Waals surface area contributed by atoms with E-state index in [0.29, 0.717) is 0 Å². The zero-order valence-electron chi connectivity index (χ0n) is 6.30. The summed E-state index contributed by atoms with van der Waals surface area (Å²) in [5.74, 6) is -1.38. The zero-order valence-corrected chi connectivity index (χ0v) is 6.30. The van der Waals surface area contributed by atoms with Crippen molar-refractivity contribution in [2.75, 3.05) is 6.61 Å². The lowest BCUT2D eigenvalue weighted by Crippen LogP contribution is -2.16. The van der Waals surface area contributed by atoms with Gasteiger partial charge in [0, 0.05) is 11.6 Å². The number of hydrogen-bond donors (Lipinski definition) is 2. The largest absolute Gasteiger partial charge is 0.394 e. The van der Waals surface area contributed by atoms with Gasteiger partial charge in [0.2, 0.25) is 0 Å². The highest BCUT2D eigenvalue weighted by molar-refractivity contribution is 5.21. The average molecular weight is 173 g/mol. The van der Waals surface area contributed by atoms with E-state index in [9.17, 15) is 8.78 Å². The Kier molecular flexibility index (Phi) is 2.73. The predicted octanol–water partition coefficient (Wildman–Crippen LogP) is 0.957. The Hall–Kier alpha value is -1.00. The molecule has 12 heavy (non-hydrogen) atoms. The lowest BCUT2D eigenvalue weighted by molar-refractivity contribution is 0.265. The molecule has 0 heterocycles. The highest BCUT2D eigenvalue weighted by Gasteiger charge is 2.10. The first-order valence-electron chi connectivity index (χ1n) is 3.46. The molecule has 0 spiro atoms. The van der Waals surface area contributed by atoms with Crippen LogP contribution in [-0.2, 0) is 0 Å². The van der Waals surface area contributed by atoms with Crippen LogP contribution in [0.25, 0.3) is 0 Å². The Labute approximate surface area is 68.6 Å². The third-order valence-corrected chi connectivity index (χ3v) is 1.56. The minimum Gasteiger partial charge on any atom is -0.394 e. The lowest BCUT2D eigenvalue weighted by atomic mass is 10.1. The maximum absolute atomic E-state index is 12.9. The molecule has 0 aliphatic rings. The van der Waals surface area contributed by atoms with Crippen molar-refractivity contribution in [3.05, 3.63) is 35.4 Å². The van der Waals surface area contributed by atoms with Gasteiger partial charge in [0.15, 0.2) is 0 Å². The van der Waals surface area contributed by atoms with Crippen molar-refractivity contribution in [3.8, 4) is 0 Å². The molecular formula is C8H9F2NO. The summed E-state index contributed by atoms with van der Waals surface area (Å²) in [6, 6.07) is 2.29. The normalized spacial score (nSPS) is 13.0. The fourth-order valence-electron chi connectivity index (χ4n) is 0.901. The first-order chi connectivity index (χ1) is 5.65. The van der Waals surface area contributed by atoms with Gasteiger partial charge in [0.05, 0.1) is 12.6 Å². The van der Waals surface area contributed by atoms with Crippen LogP contribution in [0.5, 0.6) is 0 Å². The fraction of sp³-hybridized carbons (Fsp3) is 0.250. The molecule has 0 fully saturated rings. The molecule has 0 aliphatic heterocycles. The van der Waals surface area contributed by atoms with Crippen LogP contribution in [0.15, 0.2) is 18.2 Å². The van der Waals surface area contributed by atoms with E-state index in [2.05, 4.69) is 0 Å². The third kappa shape index (κ3) is 1.78. The lowest BCUT2D eigenvalue weighted by Gasteiger charge is -2.08. The Bertz CT molecular complexity index is 278. The Balaban J connectivity index is 3.01. The van der Waals surface area contributed by atoms with E-state index in [1.54, 1.807) is 0 Å². The van der Waals surface area contributed by atoms with Crippen LogP contribution in [0, 0.1) is 11.6 Å². The topological polar surface area (TPSA) is 46.2 Å². The van der Waals surface area contributed by atoms with Crippen LogP contribution in [-0.4, -0.2) is 11.7 Å². The van der Waals surface area contributed by atoms with E-state index in [0.717, 1.165) is 12.1 Å². The molecule has 1 aromatic rings. The summed E-state index contributed by atoms with van der Waals surface area (Å²) in [6.45, 7) is -0.359. The van der Waals surface area contributed by atoms with E-state index in [1.807, 2.05) is 0 Å². The SMILES string of the molecule is N[C@@H](CO)c1ccc(F)cc1F. The molecule has 66 valence electrons. The van der Waals surface area contributed by atoms with Gasteiger partial charge < -0.3 is 10.8 Å². The summed E-state index contributed by atoms with van der Waals surface area (Å²) in [7, 11) is 0. The smallest absolute Gasteiger partial charge is 0.130 e. The maximum atomic E-state index is 12.9. The second-order valence-corrected chi connectivity index (χ2v) is 2.45. The van der Waals surface area contributed by atoms with Crippen LogP contribution in [0.2, 0.25) is 0 Å². The quantitative estimate of drug-likeness (QED) is 0.699. The Morgan fingerprint density at radius 3 is 2.58 bits per heavy atom. The molecule has 0 amide bonds. The van der Waals surface area contributed by atoms with Gasteiger partial charge in [0.1, 0.15) is 11.6 Å². The molecule has 4 heteroatoms. The number of benzene rings is 1. The Morgan fingerprint density at radius 2 is 2.08 bits per heavy atom. The molecule has 0 bridgehead atoms. The summed E-state index contributed by atoms with van der Waals surface area (Å²) in [5.41, 5.74) is 5.46. The van der Waals surface area contributed by atoms with Crippen molar-refractivity contribution in [3.63, 3.8) is 0 Å². The molecule has 1 atom stereocenters. The molecule has 0 aromatic heterocycles. The number of hydrogen-bond acceptors (Lipinski definition) is 2. The molecular weight excluding hydrogens is 164 g/mol. The standard InChI is InChI=1S/C8H9F2NO/c9-5-1-2-6(7(10)3-5)8(11)4-12/h1-3,8,12H,4,11H2/t8-/m0/s1. The first-order valence-corrected chi connectivity index (χ1v) is 3.46. The minimum absolute atomic E-state index is 0.124.